The van der Waals surface area contributed by atoms with Crippen LogP contribution in [0.15, 0.2) is 48.2 Å². The van der Waals surface area contributed by atoms with E-state index >= 15 is 0 Å². The molecule has 0 aliphatic heterocycles. The van der Waals surface area contributed by atoms with E-state index < -0.39 is 0 Å². The van der Waals surface area contributed by atoms with Crippen molar-refractivity contribution in [2.24, 2.45) is 0 Å². The molecule has 0 amide bonds. The molecule has 0 bridgehead atoms. The maximum absolute atomic E-state index is 12.5. The summed E-state index contributed by atoms with van der Waals surface area (Å²) in [5.41, 5.74) is 3.08. The van der Waals surface area contributed by atoms with Crippen molar-refractivity contribution >= 4 is 16.7 Å². The summed E-state index contributed by atoms with van der Waals surface area (Å²) in [5, 5.41) is 1.09. The molecule has 0 atom stereocenters. The van der Waals surface area contributed by atoms with Gasteiger partial charge in [0.05, 0.1) is 5.52 Å². The zero-order valence-electron chi connectivity index (χ0n) is 11.6. The van der Waals surface area contributed by atoms with Crippen molar-refractivity contribution in [3.8, 4) is 0 Å². The van der Waals surface area contributed by atoms with Crippen molar-refractivity contribution in [1.29, 1.82) is 0 Å². The summed E-state index contributed by atoms with van der Waals surface area (Å²) < 4.78 is 0. The smallest absolute Gasteiger partial charge is 0.162 e. The number of hydrogen-bond donors (Lipinski definition) is 0. The van der Waals surface area contributed by atoms with Crippen LogP contribution in [-0.2, 0) is 11.2 Å². The molecular formula is C18H19NO. The lowest BCUT2D eigenvalue weighted by atomic mass is 9.97. The lowest BCUT2D eigenvalue weighted by Gasteiger charge is -2.07. The normalized spacial score (nSPS) is 15.7. The van der Waals surface area contributed by atoms with Crippen LogP contribution in [0, 0.1) is 0 Å². The van der Waals surface area contributed by atoms with Crippen LogP contribution in [0.4, 0.5) is 0 Å². The largest absolute Gasteiger partial charge is 0.294 e. The number of rotatable bonds is 3. The summed E-state index contributed by atoms with van der Waals surface area (Å²) in [4.78, 5) is 16.8. The first-order chi connectivity index (χ1) is 9.84. The lowest BCUT2D eigenvalue weighted by molar-refractivity contribution is -0.115. The molecule has 0 fully saturated rings. The molecule has 2 nitrogen and oxygen atoms in total. The van der Waals surface area contributed by atoms with Gasteiger partial charge in [0.15, 0.2) is 5.78 Å². The first-order valence-electron chi connectivity index (χ1n) is 7.39. The van der Waals surface area contributed by atoms with E-state index in [4.69, 9.17) is 0 Å². The number of aromatic nitrogens is 1. The van der Waals surface area contributed by atoms with Gasteiger partial charge in [-0.25, -0.2) is 0 Å². The van der Waals surface area contributed by atoms with Crippen LogP contribution in [0.1, 0.15) is 37.7 Å². The summed E-state index contributed by atoms with van der Waals surface area (Å²) in [6.45, 7) is 0. The van der Waals surface area contributed by atoms with Gasteiger partial charge in [-0.15, -0.1) is 0 Å². The third-order valence-corrected chi connectivity index (χ3v) is 3.99. The highest BCUT2D eigenvalue weighted by Crippen LogP contribution is 2.22. The summed E-state index contributed by atoms with van der Waals surface area (Å²) in [5.74, 6) is 0.281. The molecule has 0 spiro atoms. The molecule has 0 radical (unpaired) electrons. The first-order valence-corrected chi connectivity index (χ1v) is 7.39. The molecule has 0 N–H and O–H groups in total. The standard InChI is InChI=1S/C18H19NO/c20-18(14-7-3-1-2-4-8-14)13-15-11-12-19-17-10-6-5-9-16(15)17/h5-7,9-12H,1-4,8,13H2. The van der Waals surface area contributed by atoms with Crippen molar-refractivity contribution in [2.45, 2.75) is 38.5 Å². The zero-order chi connectivity index (χ0) is 13.8. The number of carbonyl (C=O) groups excluding carboxylic acids is 1. The molecule has 3 rings (SSSR count). The fourth-order valence-corrected chi connectivity index (χ4v) is 2.86. The molecule has 2 heteroatoms. The number of pyridine rings is 1. The van der Waals surface area contributed by atoms with Gasteiger partial charge >= 0.3 is 0 Å². The van der Waals surface area contributed by atoms with Crippen molar-refractivity contribution < 1.29 is 4.79 Å². The molecule has 1 aliphatic rings. The van der Waals surface area contributed by atoms with Gasteiger partial charge in [-0.1, -0.05) is 30.7 Å². The monoisotopic (exact) mass is 265 g/mol. The molecule has 102 valence electrons. The topological polar surface area (TPSA) is 30.0 Å². The number of carbonyl (C=O) groups is 1. The predicted octanol–water partition coefficient (Wildman–Crippen LogP) is 4.24. The first kappa shape index (κ1) is 13.0. The van der Waals surface area contributed by atoms with E-state index in [0.29, 0.717) is 6.42 Å². The highest BCUT2D eigenvalue weighted by Gasteiger charge is 2.13. The Kier molecular flexibility index (Phi) is 3.91. The second-order valence-corrected chi connectivity index (χ2v) is 5.42. The van der Waals surface area contributed by atoms with E-state index in [1.54, 1.807) is 6.20 Å². The highest BCUT2D eigenvalue weighted by atomic mass is 16.1. The number of hydrogen-bond acceptors (Lipinski definition) is 2. The Balaban J connectivity index is 1.85. The number of Topliss-reactive ketones (excluding diaryl/α,β-unsaturated/α-hetero) is 1. The van der Waals surface area contributed by atoms with Crippen LogP contribution >= 0.6 is 0 Å². The van der Waals surface area contributed by atoms with E-state index in [-0.39, 0.29) is 5.78 Å². The number of ketones is 1. The Morgan fingerprint density at radius 3 is 2.95 bits per heavy atom. The number of para-hydroxylation sites is 1. The quantitative estimate of drug-likeness (QED) is 0.831. The molecule has 1 aromatic heterocycles. The Bertz CT molecular complexity index is 652. The zero-order valence-corrected chi connectivity index (χ0v) is 11.6. The van der Waals surface area contributed by atoms with Gasteiger partial charge in [0.2, 0.25) is 0 Å². The van der Waals surface area contributed by atoms with Crippen molar-refractivity contribution in [3.05, 3.63) is 53.7 Å². The molecule has 0 saturated heterocycles. The van der Waals surface area contributed by atoms with Crippen LogP contribution in [0.3, 0.4) is 0 Å². The Hall–Kier alpha value is -1.96. The molecule has 1 aliphatic carbocycles. The third-order valence-electron chi connectivity index (χ3n) is 3.99. The van der Waals surface area contributed by atoms with Crippen molar-refractivity contribution in [2.75, 3.05) is 0 Å². The van der Waals surface area contributed by atoms with Crippen LogP contribution in [0.25, 0.3) is 10.9 Å². The van der Waals surface area contributed by atoms with E-state index in [2.05, 4.69) is 11.1 Å². The molecule has 1 aromatic carbocycles. The minimum atomic E-state index is 0.281. The van der Waals surface area contributed by atoms with Gasteiger partial charge in [-0.05, 0) is 49.0 Å². The van der Waals surface area contributed by atoms with E-state index in [1.807, 2.05) is 30.3 Å². The number of fused-ring (bicyclic) bond motifs is 1. The Labute approximate surface area is 119 Å². The lowest BCUT2D eigenvalue weighted by Crippen LogP contribution is -2.07. The van der Waals surface area contributed by atoms with E-state index in [1.165, 1.54) is 12.8 Å². The van der Waals surface area contributed by atoms with Gasteiger partial charge in [0, 0.05) is 18.0 Å². The van der Waals surface area contributed by atoms with Crippen LogP contribution in [0.2, 0.25) is 0 Å². The maximum atomic E-state index is 12.5. The second-order valence-electron chi connectivity index (χ2n) is 5.42. The minimum absolute atomic E-state index is 0.281. The summed E-state index contributed by atoms with van der Waals surface area (Å²) in [6.07, 6.45) is 10.1. The van der Waals surface area contributed by atoms with Gasteiger partial charge in [-0.2, -0.15) is 0 Å². The SMILES string of the molecule is O=C(Cc1ccnc2ccccc12)C1=CCCCCC1. The van der Waals surface area contributed by atoms with Gasteiger partial charge in [-0.3, -0.25) is 9.78 Å². The van der Waals surface area contributed by atoms with Crippen LogP contribution in [-0.4, -0.2) is 10.8 Å². The molecule has 2 aromatic rings. The average molecular weight is 265 g/mol. The van der Waals surface area contributed by atoms with Crippen molar-refractivity contribution in [3.63, 3.8) is 0 Å². The maximum Gasteiger partial charge on any atom is 0.162 e. The Morgan fingerprint density at radius 1 is 1.10 bits per heavy atom. The number of benzene rings is 1. The number of nitrogens with zero attached hydrogens (tertiary/aromatic N) is 1. The minimum Gasteiger partial charge on any atom is -0.294 e. The van der Waals surface area contributed by atoms with E-state index in [0.717, 1.165) is 41.3 Å². The third kappa shape index (κ3) is 2.79. The van der Waals surface area contributed by atoms with Crippen LogP contribution < -0.4 is 0 Å². The highest BCUT2D eigenvalue weighted by molar-refractivity contribution is 5.99. The van der Waals surface area contributed by atoms with Crippen molar-refractivity contribution in [1.82, 2.24) is 4.98 Å². The molecule has 0 unspecified atom stereocenters. The fraction of sp³-hybridized carbons (Fsp3) is 0.333. The molecule has 0 saturated carbocycles. The van der Waals surface area contributed by atoms with Gasteiger partial charge < -0.3 is 0 Å². The molecule has 1 heterocycles. The molecular weight excluding hydrogens is 246 g/mol. The van der Waals surface area contributed by atoms with Gasteiger partial charge in [0.25, 0.3) is 0 Å². The second kappa shape index (κ2) is 6.00. The summed E-state index contributed by atoms with van der Waals surface area (Å²) >= 11 is 0. The Morgan fingerprint density at radius 2 is 2.00 bits per heavy atom. The van der Waals surface area contributed by atoms with Gasteiger partial charge in [0.1, 0.15) is 0 Å². The fourth-order valence-electron chi connectivity index (χ4n) is 2.86. The summed E-state index contributed by atoms with van der Waals surface area (Å²) in [6, 6.07) is 10.00. The van der Waals surface area contributed by atoms with E-state index in [9.17, 15) is 4.79 Å². The predicted molar refractivity (Wildman–Crippen MR) is 81.6 cm³/mol. The molecule has 20 heavy (non-hydrogen) atoms. The number of allylic oxidation sites excluding steroid dienone is 2. The average Bonchev–Trinajstić information content (AvgIpc) is 2.77. The van der Waals surface area contributed by atoms with Crippen LogP contribution in [0.5, 0.6) is 0 Å². The summed E-state index contributed by atoms with van der Waals surface area (Å²) in [7, 11) is 0.